The Morgan fingerprint density at radius 3 is 2.09 bits per heavy atom. The Kier molecular flexibility index (Phi) is 7.37. The molecule has 1 rings (SSSR count). The third-order valence-electron chi connectivity index (χ3n) is 4.64. The van der Waals surface area contributed by atoms with Gasteiger partial charge in [-0.2, -0.15) is 0 Å². The molecule has 0 N–H and O–H groups in total. The van der Waals surface area contributed by atoms with Gasteiger partial charge in [-0.25, -0.2) is 0 Å². The van der Waals surface area contributed by atoms with Crippen LogP contribution in [0, 0.1) is 11.3 Å². The molecule has 0 aromatic carbocycles. The molecule has 1 fully saturated rings. The maximum Gasteiger partial charge on any atom is 0.222 e. The largest absolute Gasteiger partial charge is 0.376 e. The minimum Gasteiger partial charge on any atom is -0.376 e. The van der Waals surface area contributed by atoms with Crippen LogP contribution < -0.4 is 0 Å². The SMILES string of the molecule is CC(C)(C)OCCCCCC(=O)N1CCC(C(C)(C)C)CC1. The minimum absolute atomic E-state index is 0.0484. The average molecular weight is 312 g/mol. The standard InChI is InChI=1S/C19H37NO2/c1-18(2,3)16-11-13-20(14-12-16)17(21)10-8-7-9-15-22-19(4,5)6/h16H,7-15H2,1-6H3. The highest BCUT2D eigenvalue weighted by atomic mass is 16.5. The van der Waals surface area contributed by atoms with E-state index < -0.39 is 0 Å². The number of hydrogen-bond donors (Lipinski definition) is 0. The summed E-state index contributed by atoms with van der Waals surface area (Å²) in [6, 6.07) is 0. The highest BCUT2D eigenvalue weighted by Crippen LogP contribution is 2.34. The molecule has 0 bridgehead atoms. The Balaban J connectivity index is 2.12. The first kappa shape index (κ1) is 19.5. The second-order valence-electron chi connectivity index (χ2n) is 8.79. The van der Waals surface area contributed by atoms with Crippen molar-refractivity contribution in [3.63, 3.8) is 0 Å². The molecule has 0 aromatic rings. The predicted molar refractivity (Wildman–Crippen MR) is 92.9 cm³/mol. The zero-order chi connectivity index (χ0) is 16.8. The molecule has 0 saturated carbocycles. The van der Waals surface area contributed by atoms with Gasteiger partial charge in [-0.15, -0.1) is 0 Å². The Bertz CT molecular complexity index is 330. The van der Waals surface area contributed by atoms with Crippen LogP contribution in [0.4, 0.5) is 0 Å². The van der Waals surface area contributed by atoms with Crippen LogP contribution in [-0.4, -0.2) is 36.1 Å². The van der Waals surface area contributed by atoms with Crippen LogP contribution in [-0.2, 0) is 9.53 Å². The summed E-state index contributed by atoms with van der Waals surface area (Å²) in [5.74, 6) is 1.11. The first-order valence-corrected chi connectivity index (χ1v) is 9.01. The molecule has 0 aromatic heterocycles. The number of piperidine rings is 1. The van der Waals surface area contributed by atoms with Crippen molar-refractivity contribution >= 4 is 5.91 Å². The van der Waals surface area contributed by atoms with Crippen LogP contribution in [0.2, 0.25) is 0 Å². The number of amides is 1. The lowest BCUT2D eigenvalue weighted by atomic mass is 9.75. The van der Waals surface area contributed by atoms with Crippen molar-refractivity contribution in [3.8, 4) is 0 Å². The second-order valence-corrected chi connectivity index (χ2v) is 8.79. The van der Waals surface area contributed by atoms with Crippen LogP contribution >= 0.6 is 0 Å². The summed E-state index contributed by atoms with van der Waals surface area (Å²) in [5.41, 5.74) is 0.329. The molecule has 0 spiro atoms. The summed E-state index contributed by atoms with van der Waals surface area (Å²) in [4.78, 5) is 14.3. The number of hydrogen-bond acceptors (Lipinski definition) is 2. The number of unbranched alkanes of at least 4 members (excludes halogenated alkanes) is 2. The van der Waals surface area contributed by atoms with Crippen molar-refractivity contribution in [2.45, 2.75) is 85.7 Å². The zero-order valence-electron chi connectivity index (χ0n) is 15.7. The van der Waals surface area contributed by atoms with Crippen LogP contribution in [0.15, 0.2) is 0 Å². The van der Waals surface area contributed by atoms with Crippen LogP contribution in [0.1, 0.15) is 80.1 Å². The quantitative estimate of drug-likeness (QED) is 0.668. The maximum atomic E-state index is 12.2. The number of carbonyl (C=O) groups is 1. The van der Waals surface area contributed by atoms with Gasteiger partial charge in [0.15, 0.2) is 0 Å². The van der Waals surface area contributed by atoms with Gasteiger partial charge in [0.1, 0.15) is 0 Å². The number of ether oxygens (including phenoxy) is 1. The molecule has 1 saturated heterocycles. The summed E-state index contributed by atoms with van der Waals surface area (Å²) < 4.78 is 5.70. The highest BCUT2D eigenvalue weighted by Gasteiger charge is 2.30. The lowest BCUT2D eigenvalue weighted by Crippen LogP contribution is -2.41. The molecule has 3 heteroatoms. The van der Waals surface area contributed by atoms with Gasteiger partial charge in [-0.1, -0.05) is 27.2 Å². The van der Waals surface area contributed by atoms with E-state index in [4.69, 9.17) is 4.74 Å². The topological polar surface area (TPSA) is 29.5 Å². The molecule has 3 nitrogen and oxygen atoms in total. The number of carbonyl (C=O) groups excluding carboxylic acids is 1. The fraction of sp³-hybridized carbons (Fsp3) is 0.947. The summed E-state index contributed by atoms with van der Waals surface area (Å²) in [5, 5.41) is 0. The summed E-state index contributed by atoms with van der Waals surface area (Å²) in [6.45, 7) is 15.9. The molecule has 1 aliphatic heterocycles. The molecule has 22 heavy (non-hydrogen) atoms. The van der Waals surface area contributed by atoms with Gasteiger partial charge in [0.2, 0.25) is 5.91 Å². The van der Waals surface area contributed by atoms with E-state index in [9.17, 15) is 4.79 Å². The monoisotopic (exact) mass is 311 g/mol. The first-order chi connectivity index (χ1) is 10.1. The van der Waals surface area contributed by atoms with E-state index in [1.54, 1.807) is 0 Å². The molecule has 1 amide bonds. The van der Waals surface area contributed by atoms with Gasteiger partial charge in [-0.3, -0.25) is 4.79 Å². The second kappa shape index (κ2) is 8.33. The molecule has 0 aliphatic carbocycles. The van der Waals surface area contributed by atoms with Crippen molar-refractivity contribution in [2.75, 3.05) is 19.7 Å². The van der Waals surface area contributed by atoms with Crippen LogP contribution in [0.3, 0.4) is 0 Å². The molecule has 1 aliphatic rings. The first-order valence-electron chi connectivity index (χ1n) is 9.01. The van der Waals surface area contributed by atoms with E-state index in [0.717, 1.165) is 57.7 Å². The third-order valence-corrected chi connectivity index (χ3v) is 4.64. The fourth-order valence-corrected chi connectivity index (χ4v) is 3.09. The van der Waals surface area contributed by atoms with E-state index in [2.05, 4.69) is 46.4 Å². The Morgan fingerprint density at radius 2 is 1.59 bits per heavy atom. The predicted octanol–water partition coefficient (Wildman–Crippen LogP) is 4.65. The summed E-state index contributed by atoms with van der Waals surface area (Å²) in [6.07, 6.45) is 6.15. The van der Waals surface area contributed by atoms with Gasteiger partial charge in [0.05, 0.1) is 5.60 Å². The van der Waals surface area contributed by atoms with E-state index in [1.165, 1.54) is 0 Å². The lowest BCUT2D eigenvalue weighted by molar-refractivity contribution is -0.133. The zero-order valence-corrected chi connectivity index (χ0v) is 15.7. The van der Waals surface area contributed by atoms with Crippen molar-refractivity contribution in [1.82, 2.24) is 4.90 Å². The maximum absolute atomic E-state index is 12.2. The van der Waals surface area contributed by atoms with Crippen LogP contribution in [0.5, 0.6) is 0 Å². The van der Waals surface area contributed by atoms with E-state index in [-0.39, 0.29) is 5.60 Å². The average Bonchev–Trinajstić information content (AvgIpc) is 2.40. The van der Waals surface area contributed by atoms with Crippen LogP contribution in [0.25, 0.3) is 0 Å². The van der Waals surface area contributed by atoms with Crippen molar-refractivity contribution in [3.05, 3.63) is 0 Å². The highest BCUT2D eigenvalue weighted by molar-refractivity contribution is 5.76. The van der Waals surface area contributed by atoms with Crippen molar-refractivity contribution in [2.24, 2.45) is 11.3 Å². The Labute approximate surface area is 137 Å². The van der Waals surface area contributed by atoms with Gasteiger partial charge >= 0.3 is 0 Å². The molecule has 0 unspecified atom stereocenters. The van der Waals surface area contributed by atoms with Gasteiger partial charge in [-0.05, 0) is 57.8 Å². The molecule has 0 radical (unpaired) electrons. The normalized spacial score (nSPS) is 17.8. The fourth-order valence-electron chi connectivity index (χ4n) is 3.09. The smallest absolute Gasteiger partial charge is 0.222 e. The molecular weight excluding hydrogens is 274 g/mol. The summed E-state index contributed by atoms with van der Waals surface area (Å²) in [7, 11) is 0. The van der Waals surface area contributed by atoms with E-state index in [1.807, 2.05) is 0 Å². The van der Waals surface area contributed by atoms with Gasteiger partial charge in [0, 0.05) is 26.1 Å². The van der Waals surface area contributed by atoms with Crippen molar-refractivity contribution in [1.29, 1.82) is 0 Å². The molecule has 0 atom stereocenters. The third kappa shape index (κ3) is 7.62. The number of nitrogens with zero attached hydrogens (tertiary/aromatic N) is 1. The van der Waals surface area contributed by atoms with Crippen molar-refractivity contribution < 1.29 is 9.53 Å². The minimum atomic E-state index is -0.0484. The molecular formula is C19H37NO2. The van der Waals surface area contributed by atoms with Gasteiger partial charge < -0.3 is 9.64 Å². The number of likely N-dealkylation sites (tertiary alicyclic amines) is 1. The molecule has 1 heterocycles. The summed E-state index contributed by atoms with van der Waals surface area (Å²) >= 11 is 0. The Hall–Kier alpha value is -0.570. The Morgan fingerprint density at radius 1 is 1.00 bits per heavy atom. The van der Waals surface area contributed by atoms with E-state index in [0.29, 0.717) is 17.7 Å². The van der Waals surface area contributed by atoms with Gasteiger partial charge in [0.25, 0.3) is 0 Å². The molecule has 130 valence electrons. The lowest BCUT2D eigenvalue weighted by Gasteiger charge is -2.38. The van der Waals surface area contributed by atoms with E-state index >= 15 is 0 Å². The number of rotatable bonds is 6.